The highest BCUT2D eigenvalue weighted by Crippen LogP contribution is 2.20. The van der Waals surface area contributed by atoms with Crippen LogP contribution in [0.3, 0.4) is 0 Å². The zero-order valence-corrected chi connectivity index (χ0v) is 10.6. The predicted octanol–water partition coefficient (Wildman–Crippen LogP) is 1.72. The first-order chi connectivity index (χ1) is 7.27. The van der Waals surface area contributed by atoms with Gasteiger partial charge in [0.15, 0.2) is 0 Å². The van der Waals surface area contributed by atoms with E-state index in [1.54, 1.807) is 7.11 Å². The van der Waals surface area contributed by atoms with Crippen LogP contribution in [-0.2, 0) is 9.47 Å². The molecule has 1 N–H and O–H groups in total. The second kappa shape index (κ2) is 4.31. The monoisotopic (exact) mass is 228 g/mol. The van der Waals surface area contributed by atoms with Crippen molar-refractivity contribution in [2.45, 2.75) is 45.3 Å². The highest BCUT2D eigenvalue weighted by molar-refractivity contribution is 5.91. The van der Waals surface area contributed by atoms with Crippen LogP contribution in [0.25, 0.3) is 0 Å². The summed E-state index contributed by atoms with van der Waals surface area (Å²) in [6, 6.07) is 0. The fraction of sp³-hybridized carbons (Fsp3) is 0.818. The molecule has 1 aliphatic heterocycles. The van der Waals surface area contributed by atoms with Crippen LogP contribution in [0.5, 0.6) is 0 Å². The van der Waals surface area contributed by atoms with Gasteiger partial charge in [-0.3, -0.25) is 4.99 Å². The van der Waals surface area contributed by atoms with Gasteiger partial charge in [0.2, 0.25) is 5.90 Å². The largest absolute Gasteiger partial charge is 0.483 e. The molecule has 0 bridgehead atoms. The molecule has 0 aromatic carbocycles. The Balaban J connectivity index is 2.60. The number of rotatable bonds is 1. The van der Waals surface area contributed by atoms with Gasteiger partial charge in [-0.05, 0) is 34.1 Å². The van der Waals surface area contributed by atoms with E-state index in [0.717, 1.165) is 6.42 Å². The lowest BCUT2D eigenvalue weighted by atomic mass is 10.0. The molecule has 0 radical (unpaired) electrons. The predicted molar refractivity (Wildman–Crippen MR) is 61.7 cm³/mol. The molecule has 1 heterocycles. The zero-order chi connectivity index (χ0) is 12.4. The first kappa shape index (κ1) is 12.8. The molecule has 5 nitrogen and oxygen atoms in total. The maximum absolute atomic E-state index is 11.6. The maximum atomic E-state index is 11.6. The van der Waals surface area contributed by atoms with Crippen molar-refractivity contribution in [2.75, 3.05) is 13.7 Å². The molecule has 0 saturated carbocycles. The van der Waals surface area contributed by atoms with Crippen molar-refractivity contribution in [1.82, 2.24) is 5.32 Å². The van der Waals surface area contributed by atoms with E-state index in [1.807, 2.05) is 27.7 Å². The molecule has 0 fully saturated rings. The summed E-state index contributed by atoms with van der Waals surface area (Å²) in [5.41, 5.74) is -1.04. The summed E-state index contributed by atoms with van der Waals surface area (Å²) in [5.74, 6) is 0.554. The third-order valence-electron chi connectivity index (χ3n) is 2.31. The highest BCUT2D eigenvalue weighted by Gasteiger charge is 2.38. The Bertz CT molecular complexity index is 307. The minimum absolute atomic E-state index is 0.443. The quantitative estimate of drug-likeness (QED) is 0.743. The molecule has 0 saturated heterocycles. The molecule has 0 aliphatic carbocycles. The Hall–Kier alpha value is -1.26. The number of hydrogen-bond acceptors (Lipinski definition) is 4. The Morgan fingerprint density at radius 3 is 2.62 bits per heavy atom. The van der Waals surface area contributed by atoms with Crippen molar-refractivity contribution in [2.24, 2.45) is 4.99 Å². The van der Waals surface area contributed by atoms with Crippen LogP contribution in [0.1, 0.15) is 34.1 Å². The Morgan fingerprint density at radius 1 is 1.50 bits per heavy atom. The molecule has 5 heteroatoms. The fourth-order valence-corrected chi connectivity index (χ4v) is 1.60. The highest BCUT2D eigenvalue weighted by atomic mass is 16.6. The van der Waals surface area contributed by atoms with Crippen molar-refractivity contribution >= 4 is 12.0 Å². The van der Waals surface area contributed by atoms with E-state index in [2.05, 4.69) is 10.3 Å². The summed E-state index contributed by atoms with van der Waals surface area (Å²) in [7, 11) is 1.55. The van der Waals surface area contributed by atoms with E-state index >= 15 is 0 Å². The lowest BCUT2D eigenvalue weighted by Crippen LogP contribution is -2.52. The molecule has 1 rings (SSSR count). The minimum atomic E-state index is -0.545. The van der Waals surface area contributed by atoms with E-state index in [0.29, 0.717) is 12.4 Å². The van der Waals surface area contributed by atoms with Crippen LogP contribution in [0, 0.1) is 0 Å². The van der Waals surface area contributed by atoms with Crippen LogP contribution in [0.2, 0.25) is 0 Å². The van der Waals surface area contributed by atoms with Gasteiger partial charge in [0.1, 0.15) is 11.1 Å². The van der Waals surface area contributed by atoms with Gasteiger partial charge in [-0.15, -0.1) is 0 Å². The lowest BCUT2D eigenvalue weighted by molar-refractivity contribution is 0.0484. The second-order valence-electron chi connectivity index (χ2n) is 5.10. The van der Waals surface area contributed by atoms with E-state index < -0.39 is 17.2 Å². The molecule has 16 heavy (non-hydrogen) atoms. The van der Waals surface area contributed by atoms with Crippen molar-refractivity contribution in [3.63, 3.8) is 0 Å². The molecule has 1 amide bonds. The summed E-state index contributed by atoms with van der Waals surface area (Å²) in [5, 5.41) is 2.80. The molecule has 1 atom stereocenters. The average molecular weight is 228 g/mol. The minimum Gasteiger partial charge on any atom is -0.483 e. The molecule has 92 valence electrons. The summed E-state index contributed by atoms with van der Waals surface area (Å²) >= 11 is 0. The number of hydrogen-bond donors (Lipinski definition) is 1. The molecule has 1 unspecified atom stereocenters. The van der Waals surface area contributed by atoms with Gasteiger partial charge in [0.25, 0.3) is 0 Å². The van der Waals surface area contributed by atoms with Crippen LogP contribution in [0.4, 0.5) is 4.79 Å². The number of carbonyl (C=O) groups excluding carboxylic acids is 1. The topological polar surface area (TPSA) is 59.9 Å². The van der Waals surface area contributed by atoms with Crippen molar-refractivity contribution in [3.8, 4) is 0 Å². The van der Waals surface area contributed by atoms with Crippen LogP contribution >= 0.6 is 0 Å². The number of amides is 1. The second-order valence-corrected chi connectivity index (χ2v) is 5.10. The third-order valence-corrected chi connectivity index (χ3v) is 2.31. The molecule has 1 aliphatic rings. The number of carbonyl (C=O) groups is 1. The van der Waals surface area contributed by atoms with Crippen LogP contribution in [0.15, 0.2) is 4.99 Å². The number of alkyl carbamates (subject to hydrolysis) is 1. The molecule has 0 spiro atoms. The van der Waals surface area contributed by atoms with E-state index in [4.69, 9.17) is 9.47 Å². The number of nitrogens with zero attached hydrogens (tertiary/aromatic N) is 1. The Labute approximate surface area is 96.2 Å². The van der Waals surface area contributed by atoms with Gasteiger partial charge < -0.3 is 14.8 Å². The van der Waals surface area contributed by atoms with E-state index in [-0.39, 0.29) is 0 Å². The number of aliphatic imine (C=N–C) groups is 1. The van der Waals surface area contributed by atoms with Crippen molar-refractivity contribution in [3.05, 3.63) is 0 Å². The van der Waals surface area contributed by atoms with E-state index in [1.165, 1.54) is 0 Å². The first-order valence-corrected chi connectivity index (χ1v) is 5.37. The van der Waals surface area contributed by atoms with Gasteiger partial charge >= 0.3 is 6.09 Å². The molecular formula is C11H20N2O3. The zero-order valence-electron chi connectivity index (χ0n) is 10.6. The van der Waals surface area contributed by atoms with Crippen molar-refractivity contribution in [1.29, 1.82) is 0 Å². The van der Waals surface area contributed by atoms with Gasteiger partial charge in [-0.25, -0.2) is 4.79 Å². The van der Waals surface area contributed by atoms with Crippen molar-refractivity contribution < 1.29 is 14.3 Å². The average Bonchev–Trinajstić information content (AvgIpc) is 2.42. The number of methoxy groups -OCH3 is 1. The van der Waals surface area contributed by atoms with Gasteiger partial charge in [0.05, 0.1) is 7.11 Å². The first-order valence-electron chi connectivity index (χ1n) is 5.37. The fourth-order valence-electron chi connectivity index (χ4n) is 1.60. The SMILES string of the molecule is COC1=NCCC1(C)NC(=O)OC(C)(C)C. The van der Waals surface area contributed by atoms with E-state index in [9.17, 15) is 4.79 Å². The lowest BCUT2D eigenvalue weighted by Gasteiger charge is -2.28. The Kier molecular flexibility index (Phi) is 3.45. The molecular weight excluding hydrogens is 208 g/mol. The smallest absolute Gasteiger partial charge is 0.408 e. The van der Waals surface area contributed by atoms with Gasteiger partial charge in [-0.2, -0.15) is 0 Å². The van der Waals surface area contributed by atoms with Gasteiger partial charge in [-0.1, -0.05) is 0 Å². The summed E-state index contributed by atoms with van der Waals surface area (Å²) in [6.07, 6.45) is 0.289. The summed E-state index contributed by atoms with van der Waals surface area (Å²) in [4.78, 5) is 15.8. The molecule has 0 aromatic rings. The summed E-state index contributed by atoms with van der Waals surface area (Å²) in [6.45, 7) is 8.03. The summed E-state index contributed by atoms with van der Waals surface area (Å²) < 4.78 is 10.3. The van der Waals surface area contributed by atoms with Crippen LogP contribution < -0.4 is 5.32 Å². The number of nitrogens with one attached hydrogen (secondary N) is 1. The molecule has 0 aromatic heterocycles. The number of ether oxygens (including phenoxy) is 2. The van der Waals surface area contributed by atoms with Crippen LogP contribution in [-0.4, -0.2) is 36.8 Å². The third kappa shape index (κ3) is 3.12. The standard InChI is InChI=1S/C11H20N2O3/c1-10(2,3)16-9(14)13-11(4)6-7-12-8(11)15-5/h6-7H2,1-5H3,(H,13,14). The Morgan fingerprint density at radius 2 is 2.12 bits per heavy atom. The maximum Gasteiger partial charge on any atom is 0.408 e. The van der Waals surface area contributed by atoms with Gasteiger partial charge in [0, 0.05) is 6.54 Å². The normalized spacial score (nSPS) is 24.9.